The Balaban J connectivity index is 2.20. The quantitative estimate of drug-likeness (QED) is 0.841. The van der Waals surface area contributed by atoms with Gasteiger partial charge in [-0.2, -0.15) is 0 Å². The molecule has 0 aromatic carbocycles. The second-order valence-corrected chi connectivity index (χ2v) is 7.13. The number of carbonyl (C=O) groups excluding carboxylic acids is 2. The van der Waals surface area contributed by atoms with E-state index in [4.69, 9.17) is 0 Å². The van der Waals surface area contributed by atoms with E-state index in [2.05, 4.69) is 9.72 Å². The highest BCUT2D eigenvalue weighted by Crippen LogP contribution is 2.22. The van der Waals surface area contributed by atoms with Crippen molar-refractivity contribution in [3.63, 3.8) is 0 Å². The number of rotatable bonds is 4. The van der Waals surface area contributed by atoms with Crippen molar-refractivity contribution < 1.29 is 22.7 Å². The number of aromatic nitrogens is 1. The first-order chi connectivity index (χ1) is 9.44. The summed E-state index contributed by atoms with van der Waals surface area (Å²) >= 11 is 1.89. The lowest BCUT2D eigenvalue weighted by atomic mass is 10.5. The lowest BCUT2D eigenvalue weighted by molar-refractivity contribution is 0.0606. The molecule has 7 nitrogen and oxygen atoms in total. The van der Waals surface area contributed by atoms with Crippen LogP contribution >= 0.6 is 22.7 Å². The molecule has 0 saturated carbocycles. The van der Waals surface area contributed by atoms with E-state index >= 15 is 0 Å². The zero-order chi connectivity index (χ0) is 14.8. The Bertz CT molecular complexity index is 733. The fourth-order valence-corrected chi connectivity index (χ4v) is 3.94. The number of hydrogen-bond acceptors (Lipinski definition) is 8. The fourth-order valence-electron chi connectivity index (χ4n) is 1.22. The third-order valence-corrected chi connectivity index (χ3v) is 5.60. The molecular weight excluding hydrogens is 324 g/mol. The third kappa shape index (κ3) is 3.03. The van der Waals surface area contributed by atoms with Crippen LogP contribution in [-0.4, -0.2) is 32.4 Å². The number of methoxy groups -OCH3 is 1. The summed E-state index contributed by atoms with van der Waals surface area (Å²) in [7, 11) is -2.84. The molecule has 0 spiro atoms. The lowest BCUT2D eigenvalue weighted by Gasteiger charge is -2.02. The molecule has 2 rings (SSSR count). The molecule has 0 unspecified atom stereocenters. The number of ether oxygens (including phenoxy) is 1. The minimum Gasteiger partial charge on any atom is -0.465 e. The topological polar surface area (TPSA) is 102 Å². The van der Waals surface area contributed by atoms with E-state index in [-0.39, 0.29) is 14.8 Å². The second-order valence-electron chi connectivity index (χ2n) is 3.42. The summed E-state index contributed by atoms with van der Waals surface area (Å²) in [6.07, 6.45) is 0. The minimum atomic E-state index is -4.03. The van der Waals surface area contributed by atoms with Gasteiger partial charge < -0.3 is 4.74 Å². The molecule has 0 radical (unpaired) electrons. The van der Waals surface area contributed by atoms with E-state index in [1.807, 2.05) is 4.72 Å². The van der Waals surface area contributed by atoms with E-state index < -0.39 is 21.9 Å². The molecule has 0 aliphatic rings. The molecule has 2 aromatic rings. The first-order valence-electron chi connectivity index (χ1n) is 5.07. The molecule has 20 heavy (non-hydrogen) atoms. The van der Waals surface area contributed by atoms with E-state index in [9.17, 15) is 18.0 Å². The summed E-state index contributed by atoms with van der Waals surface area (Å²) in [5.41, 5.74) is 1.44. The Morgan fingerprint density at radius 2 is 2.10 bits per heavy atom. The number of esters is 1. The predicted molar refractivity (Wildman–Crippen MR) is 72.4 cm³/mol. The first-order valence-corrected chi connectivity index (χ1v) is 8.32. The van der Waals surface area contributed by atoms with Gasteiger partial charge in [-0.05, 0) is 12.1 Å². The number of thiophene rings is 1. The number of sulfonamides is 1. The Kier molecular flexibility index (Phi) is 4.16. The van der Waals surface area contributed by atoms with Crippen LogP contribution < -0.4 is 4.72 Å². The maximum atomic E-state index is 12.0. The predicted octanol–water partition coefficient (Wildman–Crippen LogP) is 1.11. The van der Waals surface area contributed by atoms with Crippen LogP contribution in [0.3, 0.4) is 0 Å². The third-order valence-electron chi connectivity index (χ3n) is 2.12. The molecule has 0 saturated heterocycles. The van der Waals surface area contributed by atoms with Gasteiger partial charge in [0, 0.05) is 5.38 Å². The van der Waals surface area contributed by atoms with Crippen LogP contribution in [0, 0.1) is 0 Å². The van der Waals surface area contributed by atoms with E-state index in [0.29, 0.717) is 11.3 Å². The van der Waals surface area contributed by atoms with Gasteiger partial charge in [0.05, 0.1) is 12.6 Å². The van der Waals surface area contributed by atoms with Gasteiger partial charge in [0.15, 0.2) is 0 Å². The SMILES string of the molecule is COC(=O)c1ccc(S(=O)(=O)NC(=O)c2cscn2)s1. The molecule has 106 valence electrons. The molecule has 1 amide bonds. The lowest BCUT2D eigenvalue weighted by Crippen LogP contribution is -2.30. The summed E-state index contributed by atoms with van der Waals surface area (Å²) in [5.74, 6) is -1.46. The molecule has 0 atom stereocenters. The molecule has 2 aromatic heterocycles. The van der Waals surface area contributed by atoms with Gasteiger partial charge in [-0.25, -0.2) is 22.9 Å². The van der Waals surface area contributed by atoms with E-state index in [1.54, 1.807) is 0 Å². The van der Waals surface area contributed by atoms with Crippen molar-refractivity contribution in [3.8, 4) is 0 Å². The van der Waals surface area contributed by atoms with Crippen molar-refractivity contribution in [1.82, 2.24) is 9.71 Å². The zero-order valence-corrected chi connectivity index (χ0v) is 12.5. The zero-order valence-electron chi connectivity index (χ0n) is 10.0. The van der Waals surface area contributed by atoms with Crippen LogP contribution in [0.4, 0.5) is 0 Å². The van der Waals surface area contributed by atoms with Crippen molar-refractivity contribution in [3.05, 3.63) is 33.6 Å². The average molecular weight is 332 g/mol. The van der Waals surface area contributed by atoms with Gasteiger partial charge >= 0.3 is 5.97 Å². The Morgan fingerprint density at radius 3 is 2.70 bits per heavy atom. The number of nitrogens with one attached hydrogen (secondary N) is 1. The summed E-state index contributed by atoms with van der Waals surface area (Å²) in [4.78, 5) is 26.8. The summed E-state index contributed by atoms with van der Waals surface area (Å²) < 4.78 is 30.1. The van der Waals surface area contributed by atoms with Crippen LogP contribution in [0.25, 0.3) is 0 Å². The van der Waals surface area contributed by atoms with Crippen LogP contribution in [0.5, 0.6) is 0 Å². The van der Waals surface area contributed by atoms with Gasteiger partial charge in [-0.15, -0.1) is 22.7 Å². The van der Waals surface area contributed by atoms with Crippen molar-refractivity contribution in [2.75, 3.05) is 7.11 Å². The standard InChI is InChI=1S/C10H8N2O5S3/c1-17-10(14)7-2-3-8(19-7)20(15,16)12-9(13)6-4-18-5-11-6/h2-5H,1H3,(H,12,13). The highest BCUT2D eigenvalue weighted by molar-refractivity contribution is 7.92. The van der Waals surface area contributed by atoms with Crippen LogP contribution in [0.1, 0.15) is 20.2 Å². The monoisotopic (exact) mass is 332 g/mol. The summed E-state index contributed by atoms with van der Waals surface area (Å²) in [5, 5.41) is 1.43. The summed E-state index contributed by atoms with van der Waals surface area (Å²) in [6.45, 7) is 0. The van der Waals surface area contributed by atoms with E-state index in [1.165, 1.54) is 41.5 Å². The number of carbonyl (C=O) groups is 2. The van der Waals surface area contributed by atoms with Gasteiger partial charge in [-0.3, -0.25) is 4.79 Å². The molecular formula is C10H8N2O5S3. The number of thiazole rings is 1. The van der Waals surface area contributed by atoms with Gasteiger partial charge in [0.1, 0.15) is 14.8 Å². The number of amides is 1. The van der Waals surface area contributed by atoms with Gasteiger partial charge in [-0.1, -0.05) is 0 Å². The molecule has 1 N–H and O–H groups in total. The smallest absolute Gasteiger partial charge is 0.348 e. The number of hydrogen-bond donors (Lipinski definition) is 1. The molecule has 2 heterocycles. The van der Waals surface area contributed by atoms with Crippen LogP contribution in [-0.2, 0) is 14.8 Å². The van der Waals surface area contributed by atoms with Crippen LogP contribution in [0.15, 0.2) is 27.2 Å². The Morgan fingerprint density at radius 1 is 1.35 bits per heavy atom. The fraction of sp³-hybridized carbons (Fsp3) is 0.100. The normalized spacial score (nSPS) is 11.1. The largest absolute Gasteiger partial charge is 0.465 e. The van der Waals surface area contributed by atoms with Crippen molar-refractivity contribution in [2.24, 2.45) is 0 Å². The second kappa shape index (κ2) is 5.69. The Hall–Kier alpha value is -1.78. The van der Waals surface area contributed by atoms with Crippen molar-refractivity contribution in [2.45, 2.75) is 4.21 Å². The highest BCUT2D eigenvalue weighted by atomic mass is 32.2. The molecule has 10 heteroatoms. The summed E-state index contributed by atoms with van der Waals surface area (Å²) in [6, 6.07) is 2.55. The van der Waals surface area contributed by atoms with Gasteiger partial charge in [0.25, 0.3) is 15.9 Å². The van der Waals surface area contributed by atoms with Crippen LogP contribution in [0.2, 0.25) is 0 Å². The van der Waals surface area contributed by atoms with Gasteiger partial charge in [0.2, 0.25) is 0 Å². The van der Waals surface area contributed by atoms with Crippen molar-refractivity contribution in [1.29, 1.82) is 0 Å². The first kappa shape index (κ1) is 14.6. The van der Waals surface area contributed by atoms with E-state index in [0.717, 1.165) is 0 Å². The average Bonchev–Trinajstić information content (AvgIpc) is 3.08. The number of nitrogens with zero attached hydrogens (tertiary/aromatic N) is 1. The molecule has 0 aliphatic carbocycles. The maximum absolute atomic E-state index is 12.0. The molecule has 0 bridgehead atoms. The Labute approximate surface area is 122 Å². The highest BCUT2D eigenvalue weighted by Gasteiger charge is 2.23. The minimum absolute atomic E-state index is 0.0170. The van der Waals surface area contributed by atoms with Crippen molar-refractivity contribution >= 4 is 44.6 Å². The molecule has 0 fully saturated rings. The maximum Gasteiger partial charge on any atom is 0.348 e. The molecule has 0 aliphatic heterocycles.